The molecule has 0 saturated heterocycles. The Kier molecular flexibility index (Phi) is 6.33. The molecule has 0 atom stereocenters. The third-order valence-electron chi connectivity index (χ3n) is 4.09. The van der Waals surface area contributed by atoms with Crippen molar-refractivity contribution in [2.24, 2.45) is 0 Å². The van der Waals surface area contributed by atoms with Crippen LogP contribution < -0.4 is 14.2 Å². The molecule has 11 heteroatoms. The number of hydrogen-bond donors (Lipinski definition) is 1. The number of benzene rings is 2. The van der Waals surface area contributed by atoms with Gasteiger partial charge in [-0.3, -0.25) is 0 Å². The van der Waals surface area contributed by atoms with Crippen molar-refractivity contribution in [3.63, 3.8) is 0 Å². The van der Waals surface area contributed by atoms with E-state index in [2.05, 4.69) is 14.9 Å². The maximum atomic E-state index is 12.3. The number of nitrogens with zero attached hydrogens (tertiary/aromatic N) is 2. The van der Waals surface area contributed by atoms with Gasteiger partial charge in [-0.2, -0.15) is 4.98 Å². The summed E-state index contributed by atoms with van der Waals surface area (Å²) >= 11 is 0. The fourth-order valence-corrected chi connectivity index (χ4v) is 3.30. The largest absolute Gasteiger partial charge is 0.493 e. The number of nitrogens with one attached hydrogen (secondary N) is 1. The van der Waals surface area contributed by atoms with E-state index in [1.807, 2.05) is 0 Å². The monoisotopic (exact) mass is 433 g/mol. The lowest BCUT2D eigenvalue weighted by molar-refractivity contribution is 0.0429. The number of sulfonamides is 1. The maximum Gasteiger partial charge on any atom is 0.338 e. The first kappa shape index (κ1) is 21.3. The molecule has 2 aromatic carbocycles. The Bertz CT molecular complexity index is 1160. The summed E-state index contributed by atoms with van der Waals surface area (Å²) in [5.41, 5.74) is 0.699. The molecule has 3 aromatic rings. The van der Waals surface area contributed by atoms with Crippen LogP contribution in [0.3, 0.4) is 0 Å². The molecule has 0 bridgehead atoms. The van der Waals surface area contributed by atoms with Crippen molar-refractivity contribution in [2.45, 2.75) is 11.5 Å². The second-order valence-electron chi connectivity index (χ2n) is 5.89. The van der Waals surface area contributed by atoms with Crippen LogP contribution in [0.15, 0.2) is 51.9 Å². The van der Waals surface area contributed by atoms with Gasteiger partial charge in [-0.05, 0) is 43.4 Å². The lowest BCUT2D eigenvalue weighted by Crippen LogP contribution is -2.19. The molecule has 0 fully saturated rings. The van der Waals surface area contributed by atoms with Crippen molar-refractivity contribution in [1.82, 2.24) is 14.9 Å². The normalized spacial score (nSPS) is 11.2. The summed E-state index contributed by atoms with van der Waals surface area (Å²) in [6.45, 7) is -0.276. The van der Waals surface area contributed by atoms with Crippen LogP contribution in [0.1, 0.15) is 16.2 Å². The van der Waals surface area contributed by atoms with E-state index in [1.165, 1.54) is 45.5 Å². The zero-order valence-electron chi connectivity index (χ0n) is 16.4. The van der Waals surface area contributed by atoms with Gasteiger partial charge in [0.2, 0.25) is 15.8 Å². The molecule has 0 saturated carbocycles. The van der Waals surface area contributed by atoms with Gasteiger partial charge in [0.25, 0.3) is 5.89 Å². The second-order valence-corrected chi connectivity index (χ2v) is 7.78. The summed E-state index contributed by atoms with van der Waals surface area (Å²) in [4.78, 5) is 16.4. The summed E-state index contributed by atoms with van der Waals surface area (Å²) in [7, 11) is 0.650. The van der Waals surface area contributed by atoms with E-state index in [9.17, 15) is 13.2 Å². The predicted octanol–water partition coefficient (Wildman–Crippen LogP) is 2.02. The highest BCUT2D eigenvalue weighted by molar-refractivity contribution is 7.89. The first-order chi connectivity index (χ1) is 14.4. The SMILES string of the molecule is CNS(=O)(=O)c1cccc(C(=O)OCc2nc(-c3ccc(OC)c(OC)c3)no2)c1. The number of hydrogen-bond acceptors (Lipinski definition) is 9. The van der Waals surface area contributed by atoms with Crippen molar-refractivity contribution in [1.29, 1.82) is 0 Å². The summed E-state index contributed by atoms with van der Waals surface area (Å²) in [6.07, 6.45) is 0. The van der Waals surface area contributed by atoms with Crippen molar-refractivity contribution in [3.8, 4) is 22.9 Å². The second kappa shape index (κ2) is 8.93. The Morgan fingerprint density at radius 3 is 2.57 bits per heavy atom. The van der Waals surface area contributed by atoms with Gasteiger partial charge in [-0.1, -0.05) is 11.2 Å². The van der Waals surface area contributed by atoms with E-state index in [1.54, 1.807) is 18.2 Å². The van der Waals surface area contributed by atoms with Crippen LogP contribution >= 0.6 is 0 Å². The number of ether oxygens (including phenoxy) is 3. The molecule has 0 aliphatic carbocycles. The number of carbonyl (C=O) groups is 1. The predicted molar refractivity (Wildman–Crippen MR) is 105 cm³/mol. The summed E-state index contributed by atoms with van der Waals surface area (Å²) in [5, 5.41) is 3.86. The Morgan fingerprint density at radius 1 is 1.10 bits per heavy atom. The minimum Gasteiger partial charge on any atom is -0.493 e. The Labute approximate surface area is 172 Å². The third-order valence-corrected chi connectivity index (χ3v) is 5.50. The molecule has 0 aliphatic heterocycles. The molecule has 1 aromatic heterocycles. The summed E-state index contributed by atoms with van der Waals surface area (Å²) in [6, 6.07) is 10.6. The fraction of sp³-hybridized carbons (Fsp3) is 0.211. The standard InChI is InChI=1S/C19H19N3O7S/c1-20-30(24,25)14-6-4-5-13(9-14)19(23)28-11-17-21-18(22-29-17)12-7-8-15(26-2)16(10-12)27-3/h4-10,20H,11H2,1-3H3. The molecular formula is C19H19N3O7S. The van der Waals surface area contributed by atoms with Crippen LogP contribution in [0.25, 0.3) is 11.4 Å². The van der Waals surface area contributed by atoms with E-state index in [4.69, 9.17) is 18.7 Å². The number of rotatable bonds is 8. The highest BCUT2D eigenvalue weighted by atomic mass is 32.2. The van der Waals surface area contributed by atoms with E-state index < -0.39 is 16.0 Å². The molecule has 1 N–H and O–H groups in total. The summed E-state index contributed by atoms with van der Waals surface area (Å²) in [5.74, 6) is 0.691. The summed E-state index contributed by atoms with van der Waals surface area (Å²) < 4.78 is 46.6. The molecule has 1 heterocycles. The lowest BCUT2D eigenvalue weighted by Gasteiger charge is -2.07. The van der Waals surface area contributed by atoms with Crippen molar-refractivity contribution < 1.29 is 31.9 Å². The van der Waals surface area contributed by atoms with E-state index in [-0.39, 0.29) is 28.8 Å². The number of carbonyl (C=O) groups excluding carboxylic acids is 1. The Hall–Kier alpha value is -3.44. The first-order valence-electron chi connectivity index (χ1n) is 8.63. The third kappa shape index (κ3) is 4.58. The number of esters is 1. The van der Waals surface area contributed by atoms with Crippen molar-refractivity contribution in [2.75, 3.05) is 21.3 Å². The molecular weight excluding hydrogens is 414 g/mol. The molecule has 0 aliphatic rings. The number of methoxy groups -OCH3 is 2. The molecule has 10 nitrogen and oxygen atoms in total. The average Bonchev–Trinajstić information content (AvgIpc) is 3.26. The van der Waals surface area contributed by atoms with Gasteiger partial charge in [0, 0.05) is 5.56 Å². The molecule has 3 rings (SSSR count). The van der Waals surface area contributed by atoms with Crippen LogP contribution in [0.4, 0.5) is 0 Å². The van der Waals surface area contributed by atoms with Gasteiger partial charge in [0.15, 0.2) is 18.1 Å². The zero-order chi connectivity index (χ0) is 21.7. The van der Waals surface area contributed by atoms with Crippen LogP contribution in [0, 0.1) is 0 Å². The quantitative estimate of drug-likeness (QED) is 0.530. The average molecular weight is 433 g/mol. The lowest BCUT2D eigenvalue weighted by atomic mass is 10.2. The van der Waals surface area contributed by atoms with Crippen molar-refractivity contribution in [3.05, 3.63) is 53.9 Å². The smallest absolute Gasteiger partial charge is 0.338 e. The number of aromatic nitrogens is 2. The minimum atomic E-state index is -3.68. The Morgan fingerprint density at radius 2 is 1.87 bits per heavy atom. The zero-order valence-corrected chi connectivity index (χ0v) is 17.2. The van der Waals surface area contributed by atoms with Gasteiger partial charge in [0.05, 0.1) is 24.7 Å². The molecule has 158 valence electrons. The highest BCUT2D eigenvalue weighted by Gasteiger charge is 2.17. The van der Waals surface area contributed by atoms with Gasteiger partial charge >= 0.3 is 5.97 Å². The maximum absolute atomic E-state index is 12.3. The minimum absolute atomic E-state index is 0.0482. The fourth-order valence-electron chi connectivity index (χ4n) is 2.52. The van der Waals surface area contributed by atoms with Crippen LogP contribution in [-0.4, -0.2) is 45.8 Å². The Balaban J connectivity index is 1.70. The highest BCUT2D eigenvalue weighted by Crippen LogP contribution is 2.31. The first-order valence-corrected chi connectivity index (χ1v) is 10.1. The van der Waals surface area contributed by atoms with E-state index in [0.29, 0.717) is 17.1 Å². The van der Waals surface area contributed by atoms with Gasteiger partial charge in [-0.25, -0.2) is 17.9 Å². The van der Waals surface area contributed by atoms with Gasteiger partial charge in [0.1, 0.15) is 0 Å². The van der Waals surface area contributed by atoms with Crippen LogP contribution in [0.2, 0.25) is 0 Å². The van der Waals surface area contributed by atoms with E-state index in [0.717, 1.165) is 0 Å². The molecule has 30 heavy (non-hydrogen) atoms. The molecule has 0 unspecified atom stereocenters. The van der Waals surface area contributed by atoms with E-state index >= 15 is 0 Å². The van der Waals surface area contributed by atoms with Crippen LogP contribution in [-0.2, 0) is 21.4 Å². The van der Waals surface area contributed by atoms with Gasteiger partial charge < -0.3 is 18.7 Å². The molecule has 0 amide bonds. The topological polar surface area (TPSA) is 130 Å². The molecule has 0 spiro atoms. The van der Waals surface area contributed by atoms with Crippen molar-refractivity contribution >= 4 is 16.0 Å². The van der Waals surface area contributed by atoms with Crippen LogP contribution in [0.5, 0.6) is 11.5 Å². The molecule has 0 radical (unpaired) electrons. The van der Waals surface area contributed by atoms with Gasteiger partial charge in [-0.15, -0.1) is 0 Å².